The van der Waals surface area contributed by atoms with Gasteiger partial charge in [-0.2, -0.15) is 0 Å². The Balaban J connectivity index is 2.23. The lowest BCUT2D eigenvalue weighted by atomic mass is 10.1. The first kappa shape index (κ1) is 9.27. The lowest BCUT2D eigenvalue weighted by Crippen LogP contribution is -2.30. The van der Waals surface area contributed by atoms with Gasteiger partial charge in [0.2, 0.25) is 0 Å². The molecule has 2 heterocycles. The zero-order valence-corrected chi connectivity index (χ0v) is 9.08. The molecular formula is C12H13N3O. The Morgan fingerprint density at radius 2 is 2.25 bits per heavy atom. The molecule has 0 fully saturated rings. The van der Waals surface area contributed by atoms with E-state index in [1.54, 1.807) is 0 Å². The third kappa shape index (κ3) is 1.26. The summed E-state index contributed by atoms with van der Waals surface area (Å²) in [6.45, 7) is 1.96. The minimum atomic E-state index is 0.625. The molecule has 0 saturated carbocycles. The molecule has 4 nitrogen and oxygen atoms in total. The maximum atomic E-state index is 10.7. The molecule has 0 aliphatic carbocycles. The number of nitrogens with zero attached hydrogens (tertiary/aromatic N) is 1. The Morgan fingerprint density at radius 3 is 3.06 bits per heavy atom. The molecule has 0 atom stereocenters. The number of aldehydes is 1. The number of H-pyrrole nitrogens is 1. The van der Waals surface area contributed by atoms with E-state index >= 15 is 0 Å². The lowest BCUT2D eigenvalue weighted by molar-refractivity contribution is 0.112. The number of nitrogens with one attached hydrogen (secondary N) is 2. The van der Waals surface area contributed by atoms with Crippen molar-refractivity contribution in [1.82, 2.24) is 4.98 Å². The average molecular weight is 215 g/mol. The fourth-order valence-corrected chi connectivity index (χ4v) is 2.19. The summed E-state index contributed by atoms with van der Waals surface area (Å²) >= 11 is 0. The van der Waals surface area contributed by atoms with Crippen molar-refractivity contribution in [2.75, 3.05) is 30.4 Å². The molecule has 16 heavy (non-hydrogen) atoms. The smallest absolute Gasteiger partial charge is 0.166 e. The van der Waals surface area contributed by atoms with Crippen molar-refractivity contribution in [3.05, 3.63) is 23.9 Å². The van der Waals surface area contributed by atoms with Crippen molar-refractivity contribution in [2.24, 2.45) is 0 Å². The van der Waals surface area contributed by atoms with E-state index in [4.69, 9.17) is 0 Å². The van der Waals surface area contributed by atoms with Gasteiger partial charge in [-0.05, 0) is 18.2 Å². The fraction of sp³-hybridized carbons (Fsp3) is 0.250. The van der Waals surface area contributed by atoms with E-state index in [1.165, 1.54) is 5.69 Å². The van der Waals surface area contributed by atoms with Gasteiger partial charge in [-0.15, -0.1) is 0 Å². The van der Waals surface area contributed by atoms with Gasteiger partial charge in [-0.25, -0.2) is 0 Å². The van der Waals surface area contributed by atoms with Gasteiger partial charge in [0.15, 0.2) is 6.29 Å². The van der Waals surface area contributed by atoms with Crippen molar-refractivity contribution in [1.29, 1.82) is 0 Å². The summed E-state index contributed by atoms with van der Waals surface area (Å²) in [5.41, 5.74) is 3.94. The molecule has 1 aromatic carbocycles. The zero-order valence-electron chi connectivity index (χ0n) is 9.08. The van der Waals surface area contributed by atoms with Crippen LogP contribution in [0.2, 0.25) is 0 Å². The van der Waals surface area contributed by atoms with Crippen LogP contribution >= 0.6 is 0 Å². The van der Waals surface area contributed by atoms with Crippen molar-refractivity contribution in [2.45, 2.75) is 0 Å². The van der Waals surface area contributed by atoms with Crippen LogP contribution in [0.4, 0.5) is 11.4 Å². The van der Waals surface area contributed by atoms with E-state index in [2.05, 4.69) is 34.4 Å². The number of carbonyl (C=O) groups excluding carboxylic acids is 1. The highest BCUT2D eigenvalue weighted by Crippen LogP contribution is 2.32. The molecule has 0 amide bonds. The topological polar surface area (TPSA) is 48.1 Å². The Labute approximate surface area is 93.2 Å². The van der Waals surface area contributed by atoms with Gasteiger partial charge in [0.05, 0.1) is 17.1 Å². The van der Waals surface area contributed by atoms with Gasteiger partial charge in [0.1, 0.15) is 0 Å². The van der Waals surface area contributed by atoms with E-state index in [0.29, 0.717) is 5.69 Å². The van der Waals surface area contributed by atoms with Crippen LogP contribution in [0.5, 0.6) is 0 Å². The number of aromatic nitrogens is 1. The van der Waals surface area contributed by atoms with Crippen molar-refractivity contribution in [3.8, 4) is 0 Å². The molecule has 4 heteroatoms. The number of fused-ring (bicyclic) bond motifs is 2. The number of carbonyl (C=O) groups is 1. The number of aromatic amines is 1. The molecule has 1 aromatic heterocycles. The van der Waals surface area contributed by atoms with Gasteiger partial charge < -0.3 is 15.2 Å². The highest BCUT2D eigenvalue weighted by molar-refractivity contribution is 5.94. The molecule has 82 valence electrons. The van der Waals surface area contributed by atoms with Gasteiger partial charge in [0, 0.05) is 31.0 Å². The molecule has 1 aliphatic heterocycles. The Bertz CT molecular complexity index is 559. The normalized spacial score (nSPS) is 14.7. The predicted molar refractivity (Wildman–Crippen MR) is 65.4 cm³/mol. The number of hydrogen-bond donors (Lipinski definition) is 2. The molecular weight excluding hydrogens is 202 g/mol. The monoisotopic (exact) mass is 215 g/mol. The van der Waals surface area contributed by atoms with E-state index in [1.807, 2.05) is 6.07 Å². The summed E-state index contributed by atoms with van der Waals surface area (Å²) in [6.07, 6.45) is 0.843. The third-order valence-electron chi connectivity index (χ3n) is 3.06. The second-order valence-electron chi connectivity index (χ2n) is 4.15. The van der Waals surface area contributed by atoms with Crippen molar-refractivity contribution in [3.63, 3.8) is 0 Å². The fourth-order valence-electron chi connectivity index (χ4n) is 2.19. The van der Waals surface area contributed by atoms with Crippen molar-refractivity contribution >= 4 is 28.6 Å². The molecule has 0 bridgehead atoms. The molecule has 2 N–H and O–H groups in total. The van der Waals surface area contributed by atoms with Crippen LogP contribution < -0.4 is 10.2 Å². The molecule has 2 aromatic rings. The Kier molecular flexibility index (Phi) is 1.89. The second kappa shape index (κ2) is 3.27. The summed E-state index contributed by atoms with van der Waals surface area (Å²) in [4.78, 5) is 16.0. The molecule has 0 spiro atoms. The first-order valence-corrected chi connectivity index (χ1v) is 5.35. The summed E-state index contributed by atoms with van der Waals surface area (Å²) < 4.78 is 0. The summed E-state index contributed by atoms with van der Waals surface area (Å²) in [6, 6.07) is 6.05. The SMILES string of the molecule is CN1CCNc2cc3[nH]c(C=O)cc3cc21. The van der Waals surface area contributed by atoms with Crippen LogP contribution in [0.25, 0.3) is 10.9 Å². The molecule has 0 unspecified atom stereocenters. The van der Waals surface area contributed by atoms with E-state index in [9.17, 15) is 4.79 Å². The van der Waals surface area contributed by atoms with E-state index < -0.39 is 0 Å². The standard InChI is InChI=1S/C12H13N3O/c1-15-3-2-13-11-6-10-8(5-12(11)15)4-9(7-16)14-10/h4-7,13-14H,2-3H2,1H3. The van der Waals surface area contributed by atoms with Gasteiger partial charge in [0.25, 0.3) is 0 Å². The van der Waals surface area contributed by atoms with Crippen molar-refractivity contribution < 1.29 is 4.79 Å². The summed E-state index contributed by atoms with van der Waals surface area (Å²) in [5, 5.41) is 4.44. The number of hydrogen-bond acceptors (Lipinski definition) is 3. The first-order valence-electron chi connectivity index (χ1n) is 5.35. The largest absolute Gasteiger partial charge is 0.382 e. The van der Waals surface area contributed by atoms with Crippen LogP contribution in [-0.4, -0.2) is 31.4 Å². The van der Waals surface area contributed by atoms with Crippen LogP contribution in [0.3, 0.4) is 0 Å². The van der Waals surface area contributed by atoms with E-state index in [-0.39, 0.29) is 0 Å². The number of likely N-dealkylation sites (N-methyl/N-ethyl adjacent to an activating group) is 1. The number of benzene rings is 1. The lowest BCUT2D eigenvalue weighted by Gasteiger charge is -2.28. The molecule has 0 saturated heterocycles. The maximum absolute atomic E-state index is 10.7. The van der Waals surface area contributed by atoms with Crippen LogP contribution in [-0.2, 0) is 0 Å². The number of anilines is 2. The van der Waals surface area contributed by atoms with Crippen LogP contribution in [0, 0.1) is 0 Å². The van der Waals surface area contributed by atoms with Gasteiger partial charge in [-0.1, -0.05) is 0 Å². The Hall–Kier alpha value is -1.97. The Morgan fingerprint density at radius 1 is 1.38 bits per heavy atom. The number of rotatable bonds is 1. The molecule has 0 radical (unpaired) electrons. The molecule has 3 rings (SSSR count). The predicted octanol–water partition coefficient (Wildman–Crippen LogP) is 1.84. The van der Waals surface area contributed by atoms with Crippen LogP contribution in [0.15, 0.2) is 18.2 Å². The summed E-state index contributed by atoms with van der Waals surface area (Å²) in [5.74, 6) is 0. The zero-order chi connectivity index (χ0) is 11.1. The molecule has 1 aliphatic rings. The summed E-state index contributed by atoms with van der Waals surface area (Å²) in [7, 11) is 2.08. The quantitative estimate of drug-likeness (QED) is 0.714. The second-order valence-corrected chi connectivity index (χ2v) is 4.15. The highest BCUT2D eigenvalue weighted by Gasteiger charge is 2.14. The maximum Gasteiger partial charge on any atom is 0.166 e. The first-order chi connectivity index (χ1) is 7.78. The minimum Gasteiger partial charge on any atom is -0.382 e. The highest BCUT2D eigenvalue weighted by atomic mass is 16.1. The minimum absolute atomic E-state index is 0.625. The third-order valence-corrected chi connectivity index (χ3v) is 3.06. The van der Waals surface area contributed by atoms with Gasteiger partial charge >= 0.3 is 0 Å². The van der Waals surface area contributed by atoms with E-state index in [0.717, 1.165) is 36.0 Å². The van der Waals surface area contributed by atoms with Crippen LogP contribution in [0.1, 0.15) is 10.5 Å². The van der Waals surface area contributed by atoms with Gasteiger partial charge in [-0.3, -0.25) is 4.79 Å². The average Bonchev–Trinajstić information content (AvgIpc) is 2.69.